The number of ether oxygens (including phenoxy) is 2. The molecule has 1 unspecified atom stereocenters. The molecule has 0 aliphatic carbocycles. The second-order valence-corrected chi connectivity index (χ2v) is 5.33. The number of carbonyl (C=O) groups excluding carboxylic acids is 1. The summed E-state index contributed by atoms with van der Waals surface area (Å²) in [4.78, 5) is 11.8. The summed E-state index contributed by atoms with van der Waals surface area (Å²) in [6.07, 6.45) is 0.149. The summed E-state index contributed by atoms with van der Waals surface area (Å²) in [5.74, 6) is -0.227. The Kier molecular flexibility index (Phi) is 7.82. The molecular weight excluding hydrogens is 315 g/mol. The van der Waals surface area contributed by atoms with Crippen LogP contribution in [0.15, 0.2) is 12.1 Å². The average molecular weight is 335 g/mol. The van der Waals surface area contributed by atoms with Crippen LogP contribution in [-0.4, -0.2) is 31.8 Å². The fourth-order valence-electron chi connectivity index (χ4n) is 1.61. The number of nitrogen functional groups attached to an aromatic ring is 1. The Bertz CT molecular complexity index is 460. The van der Waals surface area contributed by atoms with Crippen LogP contribution >= 0.6 is 23.2 Å². The molecule has 5 nitrogen and oxygen atoms in total. The standard InChI is InChI=1S/C14H20Cl2N2O3/c1-3-20-8-9(2)21-5-4-13(19)18-14-11(16)6-10(15)7-12(14)17/h6-7,9H,3-5,8,17H2,1-2H3,(H,18,19). The number of hydrogen-bond acceptors (Lipinski definition) is 4. The minimum absolute atomic E-state index is 0.0538. The zero-order chi connectivity index (χ0) is 15.8. The van der Waals surface area contributed by atoms with E-state index < -0.39 is 0 Å². The maximum atomic E-state index is 11.8. The SMILES string of the molecule is CCOCC(C)OCCC(=O)Nc1c(N)cc(Cl)cc1Cl. The van der Waals surface area contributed by atoms with Crippen molar-refractivity contribution in [3.63, 3.8) is 0 Å². The van der Waals surface area contributed by atoms with E-state index in [1.165, 1.54) is 12.1 Å². The lowest BCUT2D eigenvalue weighted by Gasteiger charge is -2.13. The van der Waals surface area contributed by atoms with Crippen LogP contribution in [0.25, 0.3) is 0 Å². The van der Waals surface area contributed by atoms with Gasteiger partial charge in [0, 0.05) is 11.6 Å². The second-order valence-electron chi connectivity index (χ2n) is 4.49. The van der Waals surface area contributed by atoms with E-state index in [2.05, 4.69) is 5.32 Å². The van der Waals surface area contributed by atoms with E-state index in [1.807, 2.05) is 13.8 Å². The van der Waals surface area contributed by atoms with Gasteiger partial charge in [-0.2, -0.15) is 0 Å². The zero-order valence-corrected chi connectivity index (χ0v) is 13.6. The Morgan fingerprint density at radius 1 is 1.43 bits per heavy atom. The minimum Gasteiger partial charge on any atom is -0.397 e. The summed E-state index contributed by atoms with van der Waals surface area (Å²) in [6.45, 7) is 5.25. The average Bonchev–Trinajstić information content (AvgIpc) is 2.40. The summed E-state index contributed by atoms with van der Waals surface area (Å²) < 4.78 is 10.7. The summed E-state index contributed by atoms with van der Waals surface area (Å²) in [5.41, 5.74) is 6.47. The molecule has 0 heterocycles. The molecule has 1 aromatic carbocycles. The van der Waals surface area contributed by atoms with Crippen molar-refractivity contribution in [1.82, 2.24) is 0 Å². The maximum absolute atomic E-state index is 11.8. The first-order chi connectivity index (χ1) is 9.93. The molecular formula is C14H20Cl2N2O3. The van der Waals surface area contributed by atoms with Crippen molar-refractivity contribution in [2.75, 3.05) is 30.9 Å². The molecule has 1 atom stereocenters. The van der Waals surface area contributed by atoms with Crippen molar-refractivity contribution in [3.8, 4) is 0 Å². The first-order valence-corrected chi connectivity index (χ1v) is 7.43. The lowest BCUT2D eigenvalue weighted by atomic mass is 10.2. The number of carbonyl (C=O) groups is 1. The van der Waals surface area contributed by atoms with Gasteiger partial charge >= 0.3 is 0 Å². The highest BCUT2D eigenvalue weighted by molar-refractivity contribution is 6.37. The van der Waals surface area contributed by atoms with Gasteiger partial charge in [0.15, 0.2) is 0 Å². The molecule has 1 amide bonds. The molecule has 0 aliphatic rings. The van der Waals surface area contributed by atoms with E-state index in [0.717, 1.165) is 0 Å². The molecule has 0 radical (unpaired) electrons. The molecule has 0 saturated heterocycles. The van der Waals surface area contributed by atoms with Crippen molar-refractivity contribution in [2.45, 2.75) is 26.4 Å². The van der Waals surface area contributed by atoms with Crippen molar-refractivity contribution >= 4 is 40.5 Å². The van der Waals surface area contributed by atoms with Gasteiger partial charge in [0.05, 0.1) is 42.1 Å². The van der Waals surface area contributed by atoms with E-state index in [9.17, 15) is 4.79 Å². The number of rotatable bonds is 8. The number of nitrogens with two attached hydrogens (primary N) is 1. The van der Waals surface area contributed by atoms with Gasteiger partial charge in [0.1, 0.15) is 0 Å². The molecule has 0 aliphatic heterocycles. The molecule has 21 heavy (non-hydrogen) atoms. The van der Waals surface area contributed by atoms with Gasteiger partial charge < -0.3 is 20.5 Å². The first-order valence-electron chi connectivity index (χ1n) is 6.67. The van der Waals surface area contributed by atoms with Crippen LogP contribution in [0.4, 0.5) is 11.4 Å². The Hall–Kier alpha value is -1.01. The van der Waals surface area contributed by atoms with Gasteiger partial charge in [-0.25, -0.2) is 0 Å². The van der Waals surface area contributed by atoms with Crippen molar-refractivity contribution < 1.29 is 14.3 Å². The minimum atomic E-state index is -0.227. The van der Waals surface area contributed by atoms with E-state index >= 15 is 0 Å². The highest BCUT2D eigenvalue weighted by Crippen LogP contribution is 2.32. The third-order valence-corrected chi connectivity index (χ3v) is 3.15. The molecule has 0 bridgehead atoms. The van der Waals surface area contributed by atoms with Crippen LogP contribution in [-0.2, 0) is 14.3 Å². The fourth-order valence-corrected chi connectivity index (χ4v) is 2.17. The molecule has 1 rings (SSSR count). The molecule has 118 valence electrons. The predicted octanol–water partition coefficient (Wildman–Crippen LogP) is 3.35. The number of amides is 1. The molecule has 7 heteroatoms. The lowest BCUT2D eigenvalue weighted by Crippen LogP contribution is -2.20. The zero-order valence-electron chi connectivity index (χ0n) is 12.1. The van der Waals surface area contributed by atoms with Gasteiger partial charge in [0.2, 0.25) is 5.91 Å². The summed E-state index contributed by atoms with van der Waals surface area (Å²) >= 11 is 11.8. The van der Waals surface area contributed by atoms with Gasteiger partial charge in [-0.05, 0) is 26.0 Å². The Balaban J connectivity index is 2.41. The van der Waals surface area contributed by atoms with Crippen molar-refractivity contribution in [2.24, 2.45) is 0 Å². The lowest BCUT2D eigenvalue weighted by molar-refractivity contribution is -0.118. The molecule has 0 spiro atoms. The van der Waals surface area contributed by atoms with Crippen LogP contribution in [0.3, 0.4) is 0 Å². The highest BCUT2D eigenvalue weighted by atomic mass is 35.5. The molecule has 1 aromatic rings. The largest absolute Gasteiger partial charge is 0.397 e. The number of benzene rings is 1. The Morgan fingerprint density at radius 2 is 2.14 bits per heavy atom. The maximum Gasteiger partial charge on any atom is 0.226 e. The number of nitrogens with one attached hydrogen (secondary N) is 1. The molecule has 0 fully saturated rings. The van der Waals surface area contributed by atoms with Crippen LogP contribution in [0, 0.1) is 0 Å². The fraction of sp³-hybridized carbons (Fsp3) is 0.500. The van der Waals surface area contributed by atoms with Gasteiger partial charge in [0.25, 0.3) is 0 Å². The van der Waals surface area contributed by atoms with Crippen LogP contribution in [0.2, 0.25) is 10.0 Å². The van der Waals surface area contributed by atoms with Crippen molar-refractivity contribution in [3.05, 3.63) is 22.2 Å². The smallest absolute Gasteiger partial charge is 0.226 e. The molecule has 0 saturated carbocycles. The van der Waals surface area contributed by atoms with Crippen LogP contribution < -0.4 is 11.1 Å². The van der Waals surface area contributed by atoms with Crippen LogP contribution in [0.5, 0.6) is 0 Å². The third-order valence-electron chi connectivity index (χ3n) is 2.64. The predicted molar refractivity (Wildman–Crippen MR) is 86.0 cm³/mol. The highest BCUT2D eigenvalue weighted by Gasteiger charge is 2.11. The normalized spacial score (nSPS) is 12.2. The van der Waals surface area contributed by atoms with E-state index in [1.54, 1.807) is 0 Å². The van der Waals surface area contributed by atoms with Gasteiger partial charge in [-0.1, -0.05) is 23.2 Å². The summed E-state index contributed by atoms with van der Waals surface area (Å²) in [6, 6.07) is 3.06. The Labute approximate surface area is 134 Å². The summed E-state index contributed by atoms with van der Waals surface area (Å²) in [5, 5.41) is 3.38. The monoisotopic (exact) mass is 334 g/mol. The number of halogens is 2. The Morgan fingerprint density at radius 3 is 2.76 bits per heavy atom. The first kappa shape index (κ1) is 18.0. The van der Waals surface area contributed by atoms with Gasteiger partial charge in [-0.3, -0.25) is 4.79 Å². The molecule has 0 aromatic heterocycles. The van der Waals surface area contributed by atoms with Gasteiger partial charge in [-0.15, -0.1) is 0 Å². The number of anilines is 2. The summed E-state index contributed by atoms with van der Waals surface area (Å²) in [7, 11) is 0. The van der Waals surface area contributed by atoms with E-state index in [0.29, 0.717) is 41.2 Å². The second kappa shape index (κ2) is 9.10. The quantitative estimate of drug-likeness (QED) is 0.715. The van der Waals surface area contributed by atoms with Crippen LogP contribution in [0.1, 0.15) is 20.3 Å². The van der Waals surface area contributed by atoms with E-state index in [-0.39, 0.29) is 18.4 Å². The molecule has 3 N–H and O–H groups in total. The van der Waals surface area contributed by atoms with E-state index in [4.69, 9.17) is 38.4 Å². The third kappa shape index (κ3) is 6.52. The number of hydrogen-bond donors (Lipinski definition) is 2. The topological polar surface area (TPSA) is 73.6 Å². The van der Waals surface area contributed by atoms with Crippen molar-refractivity contribution in [1.29, 1.82) is 0 Å².